The highest BCUT2D eigenvalue weighted by Crippen LogP contribution is 2.36. The van der Waals surface area contributed by atoms with E-state index >= 15 is 0 Å². The zero-order valence-corrected chi connectivity index (χ0v) is 11.4. The molecule has 0 aromatic carbocycles. The summed E-state index contributed by atoms with van der Waals surface area (Å²) in [6, 6.07) is 2.02. The van der Waals surface area contributed by atoms with Crippen molar-refractivity contribution in [1.82, 2.24) is 4.98 Å². The van der Waals surface area contributed by atoms with Gasteiger partial charge in [-0.3, -0.25) is 9.78 Å². The van der Waals surface area contributed by atoms with Crippen LogP contribution in [-0.4, -0.2) is 29.6 Å². The zero-order chi connectivity index (χ0) is 14.3. The Morgan fingerprint density at radius 2 is 1.84 bits per heavy atom. The maximum atomic E-state index is 11.1. The van der Waals surface area contributed by atoms with Crippen molar-refractivity contribution in [2.45, 2.75) is 38.9 Å². The van der Waals surface area contributed by atoms with E-state index in [1.807, 2.05) is 33.8 Å². The number of hydrogen-bond acceptors (Lipinski definition) is 5. The van der Waals surface area contributed by atoms with Gasteiger partial charge in [-0.1, -0.05) is 0 Å². The molecule has 0 N–H and O–H groups in total. The molecule has 0 bridgehead atoms. The maximum Gasteiger partial charge on any atom is 0.497 e. The van der Waals surface area contributed by atoms with Crippen LogP contribution in [0.2, 0.25) is 0 Å². The lowest BCUT2D eigenvalue weighted by Crippen LogP contribution is -2.41. The minimum atomic E-state index is -0.733. The number of rotatable bonds is 2. The van der Waals surface area contributed by atoms with Gasteiger partial charge in [-0.15, -0.1) is 0 Å². The van der Waals surface area contributed by atoms with Gasteiger partial charge in [0.1, 0.15) is 6.07 Å². The zero-order valence-electron chi connectivity index (χ0n) is 11.4. The molecule has 0 aliphatic carbocycles. The Kier molecular flexibility index (Phi) is 3.21. The molecule has 2 rings (SSSR count). The van der Waals surface area contributed by atoms with Gasteiger partial charge in [0.05, 0.1) is 16.8 Å². The van der Waals surface area contributed by atoms with Crippen molar-refractivity contribution < 1.29 is 14.1 Å². The van der Waals surface area contributed by atoms with Crippen molar-refractivity contribution in [3.63, 3.8) is 0 Å². The number of aldehydes is 1. The summed E-state index contributed by atoms with van der Waals surface area (Å²) in [6.45, 7) is 7.67. The molecular formula is C13H15BN2O3. The maximum absolute atomic E-state index is 11.1. The average molecular weight is 258 g/mol. The molecule has 19 heavy (non-hydrogen) atoms. The van der Waals surface area contributed by atoms with Gasteiger partial charge in [-0.05, 0) is 27.7 Å². The molecular weight excluding hydrogens is 243 g/mol. The van der Waals surface area contributed by atoms with E-state index in [2.05, 4.69) is 4.98 Å². The molecule has 98 valence electrons. The molecule has 0 saturated carbocycles. The highest BCUT2D eigenvalue weighted by molar-refractivity contribution is 6.64. The summed E-state index contributed by atoms with van der Waals surface area (Å²) in [4.78, 5) is 15.0. The van der Waals surface area contributed by atoms with Crippen molar-refractivity contribution in [3.05, 3.63) is 23.5 Å². The van der Waals surface area contributed by atoms with Gasteiger partial charge in [-0.2, -0.15) is 5.26 Å². The second-order valence-electron chi connectivity index (χ2n) is 5.51. The summed E-state index contributed by atoms with van der Waals surface area (Å²) in [7, 11) is -0.733. The van der Waals surface area contributed by atoms with Crippen molar-refractivity contribution in [2.24, 2.45) is 0 Å². The second kappa shape index (κ2) is 4.44. The highest BCUT2D eigenvalue weighted by atomic mass is 16.7. The van der Waals surface area contributed by atoms with Crippen LogP contribution in [0.4, 0.5) is 0 Å². The van der Waals surface area contributed by atoms with Crippen LogP contribution in [0, 0.1) is 11.3 Å². The molecule has 2 heterocycles. The van der Waals surface area contributed by atoms with E-state index in [4.69, 9.17) is 14.6 Å². The molecule has 6 heteroatoms. The van der Waals surface area contributed by atoms with Gasteiger partial charge >= 0.3 is 7.12 Å². The molecule has 0 amide bonds. The lowest BCUT2D eigenvalue weighted by Gasteiger charge is -2.32. The molecule has 0 atom stereocenters. The molecule has 0 spiro atoms. The Morgan fingerprint density at radius 1 is 1.26 bits per heavy atom. The van der Waals surface area contributed by atoms with E-state index in [1.54, 1.807) is 0 Å². The number of carbonyl (C=O) groups excluding carboxylic acids is 1. The van der Waals surface area contributed by atoms with Gasteiger partial charge in [-0.25, -0.2) is 0 Å². The summed E-state index contributed by atoms with van der Waals surface area (Å²) in [5.74, 6) is 0. The van der Waals surface area contributed by atoms with Gasteiger partial charge in [0, 0.05) is 23.4 Å². The molecule has 1 aliphatic rings. The summed E-state index contributed by atoms with van der Waals surface area (Å²) >= 11 is 0. The van der Waals surface area contributed by atoms with Crippen LogP contribution < -0.4 is 5.46 Å². The molecule has 0 unspecified atom stereocenters. The molecule has 0 radical (unpaired) electrons. The Hall–Kier alpha value is -1.71. The predicted octanol–water partition coefficient (Wildman–Crippen LogP) is 1.06. The minimum absolute atomic E-state index is 0.295. The Labute approximate surface area is 112 Å². The van der Waals surface area contributed by atoms with E-state index in [-0.39, 0.29) is 0 Å². The summed E-state index contributed by atoms with van der Waals surface area (Å²) in [5.41, 5.74) is 0.0218. The number of hydrogen-bond donors (Lipinski definition) is 0. The van der Waals surface area contributed by atoms with E-state index in [0.29, 0.717) is 22.9 Å². The smallest absolute Gasteiger partial charge is 0.399 e. The fourth-order valence-electron chi connectivity index (χ4n) is 1.89. The molecule has 1 saturated heterocycles. The lowest BCUT2D eigenvalue weighted by atomic mass is 9.74. The highest BCUT2D eigenvalue weighted by Gasteiger charge is 2.52. The lowest BCUT2D eigenvalue weighted by molar-refractivity contribution is 0.00578. The summed E-state index contributed by atoms with van der Waals surface area (Å²) in [5, 5.41) is 9.14. The molecule has 1 aromatic heterocycles. The predicted molar refractivity (Wildman–Crippen MR) is 70.1 cm³/mol. The fourth-order valence-corrected chi connectivity index (χ4v) is 1.89. The first kappa shape index (κ1) is 13.7. The standard InChI is InChI=1S/C13H15BN2O3/c1-12(2)13(3,4)19-14(18-12)11-9(5-15)6-16-7-10(11)8-17/h6-8H,1-4H3. The number of pyridine rings is 1. The van der Waals surface area contributed by atoms with Crippen molar-refractivity contribution in [3.8, 4) is 6.07 Å². The summed E-state index contributed by atoms with van der Waals surface area (Å²) in [6.07, 6.45) is 3.48. The first-order valence-electron chi connectivity index (χ1n) is 6.01. The van der Waals surface area contributed by atoms with Crippen LogP contribution >= 0.6 is 0 Å². The topological polar surface area (TPSA) is 72.2 Å². The van der Waals surface area contributed by atoms with E-state index in [1.165, 1.54) is 12.4 Å². The van der Waals surface area contributed by atoms with Crippen LogP contribution in [0.3, 0.4) is 0 Å². The van der Waals surface area contributed by atoms with E-state index < -0.39 is 18.3 Å². The van der Waals surface area contributed by atoms with Crippen LogP contribution in [-0.2, 0) is 9.31 Å². The van der Waals surface area contributed by atoms with Crippen LogP contribution in [0.15, 0.2) is 12.4 Å². The third-order valence-electron chi connectivity index (χ3n) is 3.75. The number of aromatic nitrogens is 1. The summed E-state index contributed by atoms with van der Waals surface area (Å²) < 4.78 is 11.8. The number of nitrogens with zero attached hydrogens (tertiary/aromatic N) is 2. The van der Waals surface area contributed by atoms with Crippen molar-refractivity contribution in [2.75, 3.05) is 0 Å². The number of nitriles is 1. The van der Waals surface area contributed by atoms with Gasteiger partial charge < -0.3 is 9.31 Å². The Balaban J connectivity index is 2.51. The Bertz CT molecular complexity index is 547. The van der Waals surface area contributed by atoms with Crippen LogP contribution in [0.5, 0.6) is 0 Å². The van der Waals surface area contributed by atoms with Crippen molar-refractivity contribution >= 4 is 18.9 Å². The second-order valence-corrected chi connectivity index (χ2v) is 5.51. The van der Waals surface area contributed by atoms with Gasteiger partial charge in [0.2, 0.25) is 0 Å². The molecule has 1 aliphatic heterocycles. The van der Waals surface area contributed by atoms with Crippen LogP contribution in [0.25, 0.3) is 0 Å². The quantitative estimate of drug-likeness (QED) is 0.586. The van der Waals surface area contributed by atoms with Gasteiger partial charge in [0.25, 0.3) is 0 Å². The number of carbonyl (C=O) groups is 1. The monoisotopic (exact) mass is 258 g/mol. The molecule has 1 aromatic rings. The minimum Gasteiger partial charge on any atom is -0.399 e. The third kappa shape index (κ3) is 2.16. The normalized spacial score (nSPS) is 20.1. The molecule has 1 fully saturated rings. The average Bonchev–Trinajstić information content (AvgIpc) is 2.57. The first-order chi connectivity index (χ1) is 8.82. The van der Waals surface area contributed by atoms with Gasteiger partial charge in [0.15, 0.2) is 6.29 Å². The fraction of sp³-hybridized carbons (Fsp3) is 0.462. The van der Waals surface area contributed by atoms with E-state index in [0.717, 1.165) is 0 Å². The Morgan fingerprint density at radius 3 is 2.32 bits per heavy atom. The molecule has 5 nitrogen and oxygen atoms in total. The van der Waals surface area contributed by atoms with E-state index in [9.17, 15) is 4.79 Å². The first-order valence-corrected chi connectivity index (χ1v) is 6.01. The van der Waals surface area contributed by atoms with Crippen molar-refractivity contribution in [1.29, 1.82) is 5.26 Å². The van der Waals surface area contributed by atoms with Crippen LogP contribution in [0.1, 0.15) is 43.6 Å². The third-order valence-corrected chi connectivity index (χ3v) is 3.75. The largest absolute Gasteiger partial charge is 0.497 e. The SMILES string of the molecule is CC1(C)OB(c2c(C#N)cncc2C=O)OC1(C)C.